The molecule has 0 fully saturated rings. The molecule has 0 N–H and O–H groups in total. The Bertz CT molecular complexity index is 1200. The van der Waals surface area contributed by atoms with Gasteiger partial charge in [-0.2, -0.15) is 0 Å². The second-order valence-corrected chi connectivity index (χ2v) is 9.10. The summed E-state index contributed by atoms with van der Waals surface area (Å²) in [6.07, 6.45) is 0. The number of rotatable bonds is 8. The maximum absolute atomic E-state index is 13.3. The van der Waals surface area contributed by atoms with Gasteiger partial charge in [0, 0.05) is 25.2 Å². The van der Waals surface area contributed by atoms with Crippen LogP contribution < -0.4 is 5.56 Å². The standard InChI is InChI=1S/C24H28N4O2S/c1-16(2)27(17(3)4)13-14-28-23(29)18-9-5-6-10-19(18)26-24(28)31-15-22-25-20-11-7-8-12-21(20)30-22/h5-12,16-17H,13-15H2,1-4H3. The summed E-state index contributed by atoms with van der Waals surface area (Å²) >= 11 is 1.49. The van der Waals surface area contributed by atoms with Crippen LogP contribution in [0.5, 0.6) is 0 Å². The van der Waals surface area contributed by atoms with Crippen LogP contribution in [0.25, 0.3) is 22.0 Å². The molecule has 2 aromatic heterocycles. The van der Waals surface area contributed by atoms with Crippen molar-refractivity contribution in [2.24, 2.45) is 0 Å². The zero-order chi connectivity index (χ0) is 22.0. The van der Waals surface area contributed by atoms with Crippen LogP contribution in [0.3, 0.4) is 0 Å². The van der Waals surface area contributed by atoms with E-state index >= 15 is 0 Å². The van der Waals surface area contributed by atoms with E-state index in [1.165, 1.54) is 11.8 Å². The molecular formula is C24H28N4O2S. The summed E-state index contributed by atoms with van der Waals surface area (Å²) in [5, 5.41) is 1.34. The number of hydrogen-bond acceptors (Lipinski definition) is 6. The summed E-state index contributed by atoms with van der Waals surface area (Å²) in [5.41, 5.74) is 2.32. The quantitative estimate of drug-likeness (QED) is 0.288. The van der Waals surface area contributed by atoms with Crippen LogP contribution in [0, 0.1) is 0 Å². The smallest absolute Gasteiger partial charge is 0.262 e. The molecule has 4 aromatic rings. The van der Waals surface area contributed by atoms with E-state index in [1.807, 2.05) is 48.5 Å². The molecule has 6 nitrogen and oxygen atoms in total. The van der Waals surface area contributed by atoms with Crippen molar-refractivity contribution in [1.29, 1.82) is 0 Å². The highest BCUT2D eigenvalue weighted by molar-refractivity contribution is 7.98. The molecule has 0 spiro atoms. The van der Waals surface area contributed by atoms with E-state index in [4.69, 9.17) is 9.40 Å². The molecule has 0 radical (unpaired) electrons. The lowest BCUT2D eigenvalue weighted by molar-refractivity contribution is 0.166. The van der Waals surface area contributed by atoms with Crippen molar-refractivity contribution in [3.8, 4) is 0 Å². The molecule has 0 saturated carbocycles. The van der Waals surface area contributed by atoms with E-state index in [0.717, 1.165) is 17.6 Å². The topological polar surface area (TPSA) is 64.2 Å². The van der Waals surface area contributed by atoms with E-state index in [9.17, 15) is 4.79 Å². The van der Waals surface area contributed by atoms with Crippen LogP contribution in [0.15, 0.2) is 62.9 Å². The number of hydrogen-bond donors (Lipinski definition) is 0. The second kappa shape index (κ2) is 9.24. The lowest BCUT2D eigenvalue weighted by Crippen LogP contribution is -2.40. The van der Waals surface area contributed by atoms with Crippen molar-refractivity contribution >= 4 is 33.8 Å². The summed E-state index contributed by atoms with van der Waals surface area (Å²) in [6.45, 7) is 10.1. The summed E-state index contributed by atoms with van der Waals surface area (Å²) < 4.78 is 7.65. The number of aromatic nitrogens is 3. The number of thioether (sulfide) groups is 1. The molecule has 0 amide bonds. The van der Waals surface area contributed by atoms with Gasteiger partial charge in [0.2, 0.25) is 5.89 Å². The molecule has 0 aliphatic rings. The number of benzene rings is 2. The lowest BCUT2D eigenvalue weighted by Gasteiger charge is -2.30. The zero-order valence-electron chi connectivity index (χ0n) is 18.4. The Hall–Kier alpha value is -2.64. The molecule has 7 heteroatoms. The minimum Gasteiger partial charge on any atom is -0.440 e. The van der Waals surface area contributed by atoms with Crippen LogP contribution >= 0.6 is 11.8 Å². The Morgan fingerprint density at radius 1 is 0.968 bits per heavy atom. The first-order valence-electron chi connectivity index (χ1n) is 10.7. The third-order valence-electron chi connectivity index (χ3n) is 5.40. The third kappa shape index (κ3) is 4.67. The fourth-order valence-corrected chi connectivity index (χ4v) is 4.76. The van der Waals surface area contributed by atoms with Crippen molar-refractivity contribution in [3.63, 3.8) is 0 Å². The van der Waals surface area contributed by atoms with E-state index in [2.05, 4.69) is 37.6 Å². The minimum atomic E-state index is -0.00173. The fourth-order valence-electron chi connectivity index (χ4n) is 3.89. The van der Waals surface area contributed by atoms with Gasteiger partial charge in [-0.1, -0.05) is 36.0 Å². The van der Waals surface area contributed by atoms with Gasteiger partial charge >= 0.3 is 0 Å². The number of nitrogens with zero attached hydrogens (tertiary/aromatic N) is 4. The van der Waals surface area contributed by atoms with Crippen LogP contribution in [-0.4, -0.2) is 38.1 Å². The number of fused-ring (bicyclic) bond motifs is 2. The van der Waals surface area contributed by atoms with Crippen LogP contribution in [0.4, 0.5) is 0 Å². The van der Waals surface area contributed by atoms with E-state index in [0.29, 0.717) is 46.3 Å². The molecule has 2 aromatic carbocycles. The summed E-state index contributed by atoms with van der Waals surface area (Å²) in [6, 6.07) is 16.1. The number of oxazole rings is 1. The van der Waals surface area contributed by atoms with Crippen LogP contribution in [0.1, 0.15) is 33.6 Å². The minimum absolute atomic E-state index is 0.00173. The van der Waals surface area contributed by atoms with Gasteiger partial charge in [0.15, 0.2) is 10.7 Å². The van der Waals surface area contributed by atoms with E-state index < -0.39 is 0 Å². The van der Waals surface area contributed by atoms with Crippen molar-refractivity contribution in [1.82, 2.24) is 19.4 Å². The average molecular weight is 437 g/mol. The Morgan fingerprint density at radius 3 is 2.35 bits per heavy atom. The molecular weight excluding hydrogens is 408 g/mol. The van der Waals surface area contributed by atoms with Gasteiger partial charge in [-0.15, -0.1) is 0 Å². The normalized spacial score (nSPS) is 12.1. The van der Waals surface area contributed by atoms with Crippen molar-refractivity contribution in [3.05, 3.63) is 64.8 Å². The van der Waals surface area contributed by atoms with Gasteiger partial charge in [-0.3, -0.25) is 14.3 Å². The van der Waals surface area contributed by atoms with Crippen LogP contribution in [0.2, 0.25) is 0 Å². The molecule has 162 valence electrons. The molecule has 0 aliphatic heterocycles. The first kappa shape index (κ1) is 21.6. The summed E-state index contributed by atoms with van der Waals surface area (Å²) in [5.74, 6) is 1.14. The highest BCUT2D eigenvalue weighted by Crippen LogP contribution is 2.24. The van der Waals surface area contributed by atoms with Gasteiger partial charge < -0.3 is 4.42 Å². The maximum Gasteiger partial charge on any atom is 0.262 e. The molecule has 31 heavy (non-hydrogen) atoms. The highest BCUT2D eigenvalue weighted by atomic mass is 32.2. The molecule has 0 aliphatic carbocycles. The predicted molar refractivity (Wildman–Crippen MR) is 127 cm³/mol. The first-order valence-corrected chi connectivity index (χ1v) is 11.6. The molecule has 0 bridgehead atoms. The van der Waals surface area contributed by atoms with Crippen molar-refractivity contribution in [2.75, 3.05) is 6.54 Å². The maximum atomic E-state index is 13.3. The molecule has 4 rings (SSSR count). The Morgan fingerprint density at radius 2 is 1.65 bits per heavy atom. The number of para-hydroxylation sites is 3. The van der Waals surface area contributed by atoms with E-state index in [1.54, 1.807) is 4.57 Å². The van der Waals surface area contributed by atoms with E-state index in [-0.39, 0.29) is 5.56 Å². The third-order valence-corrected chi connectivity index (χ3v) is 6.36. The van der Waals surface area contributed by atoms with Crippen LogP contribution in [-0.2, 0) is 12.3 Å². The van der Waals surface area contributed by atoms with Crippen molar-refractivity contribution in [2.45, 2.75) is 57.2 Å². The van der Waals surface area contributed by atoms with Crippen molar-refractivity contribution < 1.29 is 4.42 Å². The summed E-state index contributed by atoms with van der Waals surface area (Å²) in [4.78, 5) is 25.1. The first-order chi connectivity index (χ1) is 14.9. The molecule has 0 saturated heterocycles. The Balaban J connectivity index is 1.65. The summed E-state index contributed by atoms with van der Waals surface area (Å²) in [7, 11) is 0. The predicted octanol–water partition coefficient (Wildman–Crippen LogP) is 4.95. The largest absolute Gasteiger partial charge is 0.440 e. The Kier molecular flexibility index (Phi) is 6.43. The monoisotopic (exact) mass is 436 g/mol. The van der Waals surface area contributed by atoms with Gasteiger partial charge in [-0.25, -0.2) is 9.97 Å². The lowest BCUT2D eigenvalue weighted by atomic mass is 10.2. The SMILES string of the molecule is CC(C)N(CCn1c(SCc2nc3ccccc3o2)nc2ccccc2c1=O)C(C)C. The highest BCUT2D eigenvalue weighted by Gasteiger charge is 2.17. The van der Waals surface area contributed by atoms with Gasteiger partial charge in [0.05, 0.1) is 16.7 Å². The van der Waals surface area contributed by atoms with Gasteiger partial charge in [0.1, 0.15) is 5.52 Å². The van der Waals surface area contributed by atoms with Gasteiger partial charge in [0.25, 0.3) is 5.56 Å². The fraction of sp³-hybridized carbons (Fsp3) is 0.375. The Labute approximate surface area is 186 Å². The van der Waals surface area contributed by atoms with Gasteiger partial charge in [-0.05, 0) is 52.0 Å². The molecule has 0 unspecified atom stereocenters. The zero-order valence-corrected chi connectivity index (χ0v) is 19.2. The molecule has 2 heterocycles. The average Bonchev–Trinajstić information content (AvgIpc) is 3.16. The molecule has 0 atom stereocenters. The second-order valence-electron chi connectivity index (χ2n) is 8.16.